The van der Waals surface area contributed by atoms with Gasteiger partial charge in [0.1, 0.15) is 0 Å². The van der Waals surface area contributed by atoms with Crippen LogP contribution in [-0.4, -0.2) is 42.6 Å². The van der Waals surface area contributed by atoms with Gasteiger partial charge in [-0.25, -0.2) is 0 Å². The van der Waals surface area contributed by atoms with E-state index in [2.05, 4.69) is 18.7 Å². The third kappa shape index (κ3) is 3.96. The van der Waals surface area contributed by atoms with E-state index in [1.54, 1.807) is 0 Å². The van der Waals surface area contributed by atoms with Gasteiger partial charge in [0.15, 0.2) is 0 Å². The number of esters is 1. The minimum atomic E-state index is -0.121. The molecule has 0 aromatic carbocycles. The van der Waals surface area contributed by atoms with Crippen LogP contribution in [0.1, 0.15) is 40.0 Å². The Bertz CT molecular complexity index is 244. The largest absolute Gasteiger partial charge is 0.465 e. The molecule has 0 spiro atoms. The average molecular weight is 242 g/mol. The van der Waals surface area contributed by atoms with Crippen LogP contribution >= 0.6 is 0 Å². The van der Waals surface area contributed by atoms with Gasteiger partial charge in [0, 0.05) is 12.1 Å². The fourth-order valence-corrected chi connectivity index (χ4v) is 2.77. The molecule has 1 fully saturated rings. The van der Waals surface area contributed by atoms with E-state index in [1.807, 2.05) is 6.92 Å². The van der Waals surface area contributed by atoms with Crippen LogP contribution < -0.4 is 5.73 Å². The van der Waals surface area contributed by atoms with Crippen molar-refractivity contribution in [2.75, 3.05) is 19.7 Å². The molecule has 1 saturated carbocycles. The van der Waals surface area contributed by atoms with Crippen LogP contribution in [0.3, 0.4) is 0 Å². The minimum absolute atomic E-state index is 0.121. The number of nitrogens with two attached hydrogens (primary N) is 1. The summed E-state index contributed by atoms with van der Waals surface area (Å²) in [5.41, 5.74) is 5.81. The van der Waals surface area contributed by atoms with Crippen molar-refractivity contribution in [2.45, 2.75) is 52.1 Å². The van der Waals surface area contributed by atoms with Crippen molar-refractivity contribution in [2.24, 2.45) is 11.7 Å². The van der Waals surface area contributed by atoms with Gasteiger partial charge in [0.2, 0.25) is 0 Å². The van der Waals surface area contributed by atoms with Crippen LogP contribution in [0.15, 0.2) is 0 Å². The SMILES string of the molecule is CCOC(=O)CN(C(C)C)C1CCCC1CN. The smallest absolute Gasteiger partial charge is 0.320 e. The zero-order chi connectivity index (χ0) is 12.8. The number of ether oxygens (including phenoxy) is 1. The van der Waals surface area contributed by atoms with E-state index in [0.717, 1.165) is 13.0 Å². The van der Waals surface area contributed by atoms with Crippen molar-refractivity contribution in [3.05, 3.63) is 0 Å². The normalized spacial score (nSPS) is 24.6. The van der Waals surface area contributed by atoms with E-state index < -0.39 is 0 Å². The topological polar surface area (TPSA) is 55.6 Å². The first-order chi connectivity index (χ1) is 8.10. The van der Waals surface area contributed by atoms with E-state index in [4.69, 9.17) is 10.5 Å². The number of hydrogen-bond donors (Lipinski definition) is 1. The molecule has 0 radical (unpaired) electrons. The molecule has 1 aliphatic carbocycles. The molecule has 100 valence electrons. The summed E-state index contributed by atoms with van der Waals surface area (Å²) in [7, 11) is 0. The maximum atomic E-state index is 11.6. The molecular formula is C13H26N2O2. The molecule has 0 amide bonds. The molecule has 4 heteroatoms. The highest BCUT2D eigenvalue weighted by molar-refractivity contribution is 5.71. The summed E-state index contributed by atoms with van der Waals surface area (Å²) < 4.78 is 5.04. The Labute approximate surface area is 104 Å². The standard InChI is InChI=1S/C13H26N2O2/c1-4-17-13(16)9-15(10(2)3)12-7-5-6-11(12)8-14/h10-12H,4-9,14H2,1-3H3. The van der Waals surface area contributed by atoms with E-state index in [0.29, 0.717) is 31.2 Å². The van der Waals surface area contributed by atoms with Crippen molar-refractivity contribution in [3.63, 3.8) is 0 Å². The summed E-state index contributed by atoms with van der Waals surface area (Å²) in [4.78, 5) is 13.9. The van der Waals surface area contributed by atoms with Gasteiger partial charge in [-0.3, -0.25) is 9.69 Å². The van der Waals surface area contributed by atoms with E-state index in [1.165, 1.54) is 12.8 Å². The molecule has 0 aromatic rings. The summed E-state index contributed by atoms with van der Waals surface area (Å²) in [6.07, 6.45) is 3.56. The molecule has 2 atom stereocenters. The van der Waals surface area contributed by atoms with Crippen LogP contribution in [-0.2, 0) is 9.53 Å². The second-order valence-electron chi connectivity index (χ2n) is 5.07. The predicted octanol–water partition coefficient (Wildman–Crippen LogP) is 1.39. The number of nitrogens with zero attached hydrogens (tertiary/aromatic N) is 1. The Kier molecular flexibility index (Phi) is 5.92. The van der Waals surface area contributed by atoms with Crippen molar-refractivity contribution in [1.82, 2.24) is 4.90 Å². The van der Waals surface area contributed by atoms with Crippen molar-refractivity contribution >= 4 is 5.97 Å². The lowest BCUT2D eigenvalue weighted by molar-refractivity contribution is -0.145. The van der Waals surface area contributed by atoms with E-state index in [-0.39, 0.29) is 5.97 Å². The molecule has 0 heterocycles. The first kappa shape index (κ1) is 14.5. The van der Waals surface area contributed by atoms with Crippen LogP contribution in [0.5, 0.6) is 0 Å². The first-order valence-corrected chi connectivity index (χ1v) is 6.71. The second kappa shape index (κ2) is 6.97. The Hall–Kier alpha value is -0.610. The Morgan fingerprint density at radius 2 is 2.18 bits per heavy atom. The van der Waals surface area contributed by atoms with Gasteiger partial charge in [0.25, 0.3) is 0 Å². The fraction of sp³-hybridized carbons (Fsp3) is 0.923. The minimum Gasteiger partial charge on any atom is -0.465 e. The monoisotopic (exact) mass is 242 g/mol. The van der Waals surface area contributed by atoms with Crippen LogP contribution in [0.2, 0.25) is 0 Å². The Morgan fingerprint density at radius 1 is 1.47 bits per heavy atom. The lowest BCUT2D eigenvalue weighted by Gasteiger charge is -2.35. The van der Waals surface area contributed by atoms with Gasteiger partial charge in [-0.05, 0) is 46.1 Å². The number of rotatable bonds is 6. The summed E-state index contributed by atoms with van der Waals surface area (Å²) in [5, 5.41) is 0. The molecule has 1 aliphatic rings. The number of hydrogen-bond acceptors (Lipinski definition) is 4. The number of carbonyl (C=O) groups is 1. The Morgan fingerprint density at radius 3 is 2.71 bits per heavy atom. The van der Waals surface area contributed by atoms with E-state index >= 15 is 0 Å². The van der Waals surface area contributed by atoms with Crippen LogP contribution in [0, 0.1) is 5.92 Å². The molecule has 1 rings (SSSR count). The summed E-state index contributed by atoms with van der Waals surface area (Å²) in [5.74, 6) is 0.413. The molecule has 0 aliphatic heterocycles. The van der Waals surface area contributed by atoms with Gasteiger partial charge < -0.3 is 10.5 Å². The molecule has 2 N–H and O–H groups in total. The maximum absolute atomic E-state index is 11.6. The first-order valence-electron chi connectivity index (χ1n) is 6.71. The summed E-state index contributed by atoms with van der Waals surface area (Å²) >= 11 is 0. The highest BCUT2D eigenvalue weighted by atomic mass is 16.5. The highest BCUT2D eigenvalue weighted by Gasteiger charge is 2.33. The molecule has 0 saturated heterocycles. The van der Waals surface area contributed by atoms with Gasteiger partial charge in [-0.15, -0.1) is 0 Å². The number of carbonyl (C=O) groups excluding carboxylic acids is 1. The Balaban J connectivity index is 2.61. The second-order valence-corrected chi connectivity index (χ2v) is 5.07. The highest BCUT2D eigenvalue weighted by Crippen LogP contribution is 2.30. The van der Waals surface area contributed by atoms with Crippen molar-refractivity contribution < 1.29 is 9.53 Å². The maximum Gasteiger partial charge on any atom is 0.320 e. The molecule has 4 nitrogen and oxygen atoms in total. The molecule has 2 unspecified atom stereocenters. The predicted molar refractivity (Wildman–Crippen MR) is 68.7 cm³/mol. The van der Waals surface area contributed by atoms with Gasteiger partial charge in [-0.1, -0.05) is 6.42 Å². The molecular weight excluding hydrogens is 216 g/mol. The van der Waals surface area contributed by atoms with Crippen LogP contribution in [0.25, 0.3) is 0 Å². The molecule has 17 heavy (non-hydrogen) atoms. The van der Waals surface area contributed by atoms with Crippen LogP contribution in [0.4, 0.5) is 0 Å². The summed E-state index contributed by atoms with van der Waals surface area (Å²) in [6, 6.07) is 0.806. The van der Waals surface area contributed by atoms with Gasteiger partial charge in [0.05, 0.1) is 13.2 Å². The fourth-order valence-electron chi connectivity index (χ4n) is 2.77. The van der Waals surface area contributed by atoms with Gasteiger partial charge >= 0.3 is 5.97 Å². The zero-order valence-corrected chi connectivity index (χ0v) is 11.3. The summed E-state index contributed by atoms with van der Waals surface area (Å²) in [6.45, 7) is 7.67. The zero-order valence-electron chi connectivity index (χ0n) is 11.3. The van der Waals surface area contributed by atoms with Gasteiger partial charge in [-0.2, -0.15) is 0 Å². The third-order valence-electron chi connectivity index (χ3n) is 3.63. The lowest BCUT2D eigenvalue weighted by atomic mass is 10.0. The van der Waals surface area contributed by atoms with E-state index in [9.17, 15) is 4.79 Å². The van der Waals surface area contributed by atoms with Crippen molar-refractivity contribution in [3.8, 4) is 0 Å². The molecule has 0 bridgehead atoms. The average Bonchev–Trinajstić information content (AvgIpc) is 2.73. The molecule has 0 aromatic heterocycles. The quantitative estimate of drug-likeness (QED) is 0.715. The lowest BCUT2D eigenvalue weighted by Crippen LogP contribution is -2.47. The van der Waals surface area contributed by atoms with Crippen molar-refractivity contribution in [1.29, 1.82) is 0 Å². The third-order valence-corrected chi connectivity index (χ3v) is 3.63.